The molecule has 0 aliphatic carbocycles. The third-order valence-electron chi connectivity index (χ3n) is 3.35. The number of carbonyl (C=O) groups is 3. The number of imide groups is 1. The van der Waals surface area contributed by atoms with E-state index >= 15 is 0 Å². The summed E-state index contributed by atoms with van der Waals surface area (Å²) in [6, 6.07) is 10.6. The first kappa shape index (κ1) is 14.3. The first-order valence-electron chi connectivity index (χ1n) is 6.41. The molecule has 0 atom stereocenters. The Balaban J connectivity index is 1.87. The van der Waals surface area contributed by atoms with Gasteiger partial charge in [-0.2, -0.15) is 0 Å². The van der Waals surface area contributed by atoms with Crippen LogP contribution in [0.15, 0.2) is 42.5 Å². The van der Waals surface area contributed by atoms with Crippen molar-refractivity contribution in [2.24, 2.45) is 0 Å². The maximum Gasteiger partial charge on any atom is 0.343 e. The van der Waals surface area contributed by atoms with Crippen LogP contribution in [0, 0.1) is 0 Å². The molecule has 5 nitrogen and oxygen atoms in total. The molecule has 0 spiro atoms. The largest absolute Gasteiger partial charge is 0.423 e. The molecule has 0 saturated carbocycles. The van der Waals surface area contributed by atoms with Gasteiger partial charge in [-0.05, 0) is 42.5 Å². The molecule has 0 saturated heterocycles. The number of esters is 1. The van der Waals surface area contributed by atoms with E-state index in [0.29, 0.717) is 10.8 Å². The lowest BCUT2D eigenvalue weighted by Crippen LogP contribution is -2.24. The number of nitrogens with zero attached hydrogens (tertiary/aromatic N) is 1. The van der Waals surface area contributed by atoms with Gasteiger partial charge in [-0.25, -0.2) is 4.79 Å². The van der Waals surface area contributed by atoms with Crippen LogP contribution < -0.4 is 4.74 Å². The van der Waals surface area contributed by atoms with E-state index in [4.69, 9.17) is 16.3 Å². The van der Waals surface area contributed by atoms with Crippen molar-refractivity contribution in [3.63, 3.8) is 0 Å². The molecule has 2 aromatic rings. The molecule has 1 aliphatic rings. The second-order valence-corrected chi connectivity index (χ2v) is 5.21. The zero-order chi connectivity index (χ0) is 15.9. The van der Waals surface area contributed by atoms with Gasteiger partial charge in [-0.3, -0.25) is 14.5 Å². The van der Waals surface area contributed by atoms with Crippen molar-refractivity contribution in [2.45, 2.75) is 0 Å². The highest BCUT2D eigenvalue weighted by Crippen LogP contribution is 2.23. The highest BCUT2D eigenvalue weighted by molar-refractivity contribution is 6.30. The van der Waals surface area contributed by atoms with Crippen molar-refractivity contribution in [1.29, 1.82) is 0 Å². The third kappa shape index (κ3) is 2.35. The topological polar surface area (TPSA) is 63.7 Å². The zero-order valence-corrected chi connectivity index (χ0v) is 12.3. The Morgan fingerprint density at radius 3 is 2.32 bits per heavy atom. The minimum absolute atomic E-state index is 0.199. The van der Waals surface area contributed by atoms with E-state index in [9.17, 15) is 14.4 Å². The van der Waals surface area contributed by atoms with E-state index in [-0.39, 0.29) is 22.6 Å². The Morgan fingerprint density at radius 2 is 1.64 bits per heavy atom. The first-order chi connectivity index (χ1) is 10.5. The number of carbonyl (C=O) groups excluding carboxylic acids is 3. The average Bonchev–Trinajstić information content (AvgIpc) is 2.74. The predicted octanol–water partition coefficient (Wildman–Crippen LogP) is 2.79. The fourth-order valence-corrected chi connectivity index (χ4v) is 2.28. The summed E-state index contributed by atoms with van der Waals surface area (Å²) in [7, 11) is 1.40. The smallest absolute Gasteiger partial charge is 0.343 e. The van der Waals surface area contributed by atoms with Gasteiger partial charge in [0.15, 0.2) is 0 Å². The summed E-state index contributed by atoms with van der Waals surface area (Å²) in [5, 5.41) is 0.532. The quantitative estimate of drug-likeness (QED) is 0.485. The molecule has 0 radical (unpaired) electrons. The molecule has 110 valence electrons. The number of amides is 2. The fraction of sp³-hybridized carbons (Fsp3) is 0.0625. The molecule has 22 heavy (non-hydrogen) atoms. The number of rotatable bonds is 2. The van der Waals surface area contributed by atoms with Crippen LogP contribution in [0.5, 0.6) is 5.75 Å². The fourth-order valence-electron chi connectivity index (χ4n) is 2.16. The number of ether oxygens (including phenoxy) is 1. The van der Waals surface area contributed by atoms with Crippen molar-refractivity contribution in [3.8, 4) is 5.75 Å². The van der Waals surface area contributed by atoms with E-state index in [1.807, 2.05) is 0 Å². The van der Waals surface area contributed by atoms with E-state index in [0.717, 1.165) is 4.90 Å². The van der Waals surface area contributed by atoms with E-state index in [2.05, 4.69) is 0 Å². The monoisotopic (exact) mass is 315 g/mol. The van der Waals surface area contributed by atoms with Crippen molar-refractivity contribution in [2.75, 3.05) is 7.05 Å². The van der Waals surface area contributed by atoms with Crippen LogP contribution in [0.1, 0.15) is 31.1 Å². The van der Waals surface area contributed by atoms with Crippen molar-refractivity contribution >= 4 is 29.4 Å². The second-order valence-electron chi connectivity index (χ2n) is 4.77. The standard InChI is InChI=1S/C16H10ClNO4/c1-18-14(19)12-7-2-9(8-13(12)15(18)20)16(21)22-11-5-3-10(17)4-6-11/h2-8H,1H3. The number of halogens is 1. The normalized spacial score (nSPS) is 13.3. The first-order valence-corrected chi connectivity index (χ1v) is 6.79. The van der Waals surface area contributed by atoms with E-state index in [1.54, 1.807) is 24.3 Å². The second kappa shape index (κ2) is 5.27. The SMILES string of the molecule is CN1C(=O)c2ccc(C(=O)Oc3ccc(Cl)cc3)cc2C1=O. The van der Waals surface area contributed by atoms with Gasteiger partial charge in [-0.1, -0.05) is 11.6 Å². The summed E-state index contributed by atoms with van der Waals surface area (Å²) < 4.78 is 5.20. The van der Waals surface area contributed by atoms with Crippen LogP contribution in [-0.2, 0) is 0 Å². The highest BCUT2D eigenvalue weighted by atomic mass is 35.5. The van der Waals surface area contributed by atoms with Gasteiger partial charge >= 0.3 is 5.97 Å². The lowest BCUT2D eigenvalue weighted by Gasteiger charge is -2.05. The minimum atomic E-state index is -0.611. The van der Waals surface area contributed by atoms with Crippen LogP contribution in [-0.4, -0.2) is 29.7 Å². The maximum absolute atomic E-state index is 12.1. The van der Waals surface area contributed by atoms with Crippen molar-refractivity contribution in [1.82, 2.24) is 4.90 Å². The third-order valence-corrected chi connectivity index (χ3v) is 3.60. The Hall–Kier alpha value is -2.66. The molecular formula is C16H10ClNO4. The molecule has 6 heteroatoms. The summed E-state index contributed by atoms with van der Waals surface area (Å²) in [5.41, 5.74) is 0.693. The average molecular weight is 316 g/mol. The molecule has 1 aliphatic heterocycles. The van der Waals surface area contributed by atoms with Crippen molar-refractivity contribution in [3.05, 3.63) is 64.2 Å². The molecule has 3 rings (SSSR count). The Morgan fingerprint density at radius 1 is 1.00 bits per heavy atom. The van der Waals surface area contributed by atoms with Crippen LogP contribution in [0.4, 0.5) is 0 Å². The number of fused-ring (bicyclic) bond motifs is 1. The number of hydrogen-bond acceptors (Lipinski definition) is 4. The van der Waals surface area contributed by atoms with Gasteiger partial charge in [0.2, 0.25) is 0 Å². The Kier molecular flexibility index (Phi) is 3.42. The summed E-state index contributed by atoms with van der Waals surface area (Å²) in [4.78, 5) is 36.8. The van der Waals surface area contributed by atoms with E-state index < -0.39 is 11.9 Å². The highest BCUT2D eigenvalue weighted by Gasteiger charge is 2.33. The molecule has 0 unspecified atom stereocenters. The van der Waals surface area contributed by atoms with Crippen molar-refractivity contribution < 1.29 is 19.1 Å². The molecule has 0 N–H and O–H groups in total. The zero-order valence-electron chi connectivity index (χ0n) is 11.5. The molecule has 0 aromatic heterocycles. The number of benzene rings is 2. The summed E-state index contributed by atoms with van der Waals surface area (Å²) in [6.07, 6.45) is 0. The van der Waals surface area contributed by atoms with Crippen LogP contribution in [0.3, 0.4) is 0 Å². The molecule has 2 aromatic carbocycles. The van der Waals surface area contributed by atoms with Gasteiger partial charge in [0.1, 0.15) is 5.75 Å². The molecular weight excluding hydrogens is 306 g/mol. The molecule has 1 heterocycles. The van der Waals surface area contributed by atoms with Gasteiger partial charge in [-0.15, -0.1) is 0 Å². The molecule has 2 amide bonds. The lowest BCUT2D eigenvalue weighted by molar-refractivity contribution is 0.0691. The summed E-state index contributed by atoms with van der Waals surface area (Å²) >= 11 is 5.76. The van der Waals surface area contributed by atoms with Crippen LogP contribution >= 0.6 is 11.6 Å². The van der Waals surface area contributed by atoms with E-state index in [1.165, 1.54) is 25.2 Å². The molecule has 0 fully saturated rings. The minimum Gasteiger partial charge on any atom is -0.423 e. The van der Waals surface area contributed by atoms with Gasteiger partial charge in [0.25, 0.3) is 11.8 Å². The Labute approximate surface area is 131 Å². The van der Waals surface area contributed by atoms with Gasteiger partial charge in [0.05, 0.1) is 16.7 Å². The van der Waals surface area contributed by atoms with Crippen LogP contribution in [0.2, 0.25) is 5.02 Å². The Bertz CT molecular complexity index is 798. The summed E-state index contributed by atoms with van der Waals surface area (Å²) in [6.45, 7) is 0. The van der Waals surface area contributed by atoms with Crippen LogP contribution in [0.25, 0.3) is 0 Å². The molecule has 0 bridgehead atoms. The predicted molar refractivity (Wildman–Crippen MR) is 79.3 cm³/mol. The van der Waals surface area contributed by atoms with Gasteiger partial charge < -0.3 is 4.74 Å². The summed E-state index contributed by atoms with van der Waals surface area (Å²) in [5.74, 6) is -1.08. The van der Waals surface area contributed by atoms with Gasteiger partial charge in [0, 0.05) is 12.1 Å². The lowest BCUT2D eigenvalue weighted by atomic mass is 10.1. The maximum atomic E-state index is 12.1. The number of hydrogen-bond donors (Lipinski definition) is 0.